The van der Waals surface area contributed by atoms with E-state index in [2.05, 4.69) is 52.0 Å². The molecule has 0 radical (unpaired) electrons. The van der Waals surface area contributed by atoms with E-state index in [0.717, 1.165) is 47.3 Å². The van der Waals surface area contributed by atoms with Crippen LogP contribution in [0.3, 0.4) is 0 Å². The molecule has 0 atom stereocenters. The van der Waals surface area contributed by atoms with Crippen molar-refractivity contribution in [3.05, 3.63) is 46.5 Å². The molecule has 0 unspecified atom stereocenters. The summed E-state index contributed by atoms with van der Waals surface area (Å²) in [5.74, 6) is 1.42. The zero-order valence-electron chi connectivity index (χ0n) is 15.5. The molecular formula is C22H28O2. The zero-order chi connectivity index (χ0) is 17.5. The Labute approximate surface area is 145 Å². The molecule has 1 aliphatic rings. The average Bonchev–Trinajstić information content (AvgIpc) is 2.55. The third kappa shape index (κ3) is 2.68. The normalized spacial score (nSPS) is 14.4. The van der Waals surface area contributed by atoms with Crippen LogP contribution in [-0.4, -0.2) is 12.2 Å². The molecule has 2 heteroatoms. The molecule has 0 saturated heterocycles. The third-order valence-electron chi connectivity index (χ3n) is 5.19. The fourth-order valence-electron chi connectivity index (χ4n) is 4.05. The second-order valence-electron chi connectivity index (χ2n) is 7.84. The molecule has 0 amide bonds. The summed E-state index contributed by atoms with van der Waals surface area (Å²) in [5.41, 5.74) is 6.66. The van der Waals surface area contributed by atoms with Gasteiger partial charge in [-0.15, -0.1) is 0 Å². The number of methoxy groups -OCH3 is 1. The maximum Gasteiger partial charge on any atom is 0.127 e. The van der Waals surface area contributed by atoms with Crippen molar-refractivity contribution in [3.8, 4) is 22.6 Å². The SMILES string of the molecule is COc1c(C)c(-c2ccccc2C(C)(C)C)c(O)c2c1CCCC2. The van der Waals surface area contributed by atoms with Gasteiger partial charge in [0.05, 0.1) is 7.11 Å². The molecule has 1 aliphatic carbocycles. The average molecular weight is 324 g/mol. The summed E-state index contributed by atoms with van der Waals surface area (Å²) in [6.45, 7) is 8.72. The minimum Gasteiger partial charge on any atom is -0.507 e. The highest BCUT2D eigenvalue weighted by molar-refractivity contribution is 5.82. The van der Waals surface area contributed by atoms with E-state index in [4.69, 9.17) is 4.74 Å². The Morgan fingerprint density at radius 3 is 2.25 bits per heavy atom. The van der Waals surface area contributed by atoms with E-state index in [1.54, 1.807) is 7.11 Å². The number of phenols is 1. The largest absolute Gasteiger partial charge is 0.507 e. The van der Waals surface area contributed by atoms with Crippen molar-refractivity contribution in [2.45, 2.75) is 58.8 Å². The van der Waals surface area contributed by atoms with Crippen molar-refractivity contribution in [2.24, 2.45) is 0 Å². The molecule has 0 spiro atoms. The molecular weight excluding hydrogens is 296 g/mol. The number of phenolic OH excluding ortho intramolecular Hbond substituents is 1. The predicted molar refractivity (Wildman–Crippen MR) is 100 cm³/mol. The van der Waals surface area contributed by atoms with Crippen LogP contribution in [0.15, 0.2) is 24.3 Å². The van der Waals surface area contributed by atoms with E-state index in [1.807, 2.05) is 0 Å². The van der Waals surface area contributed by atoms with Gasteiger partial charge >= 0.3 is 0 Å². The monoisotopic (exact) mass is 324 g/mol. The summed E-state index contributed by atoms with van der Waals surface area (Å²) in [6, 6.07) is 8.42. The molecule has 0 fully saturated rings. The van der Waals surface area contributed by atoms with Crippen LogP contribution < -0.4 is 4.74 Å². The van der Waals surface area contributed by atoms with Crippen LogP contribution in [-0.2, 0) is 18.3 Å². The number of fused-ring (bicyclic) bond motifs is 1. The molecule has 2 aromatic rings. The van der Waals surface area contributed by atoms with E-state index < -0.39 is 0 Å². The van der Waals surface area contributed by atoms with Gasteiger partial charge in [-0.3, -0.25) is 0 Å². The maximum atomic E-state index is 11.1. The summed E-state index contributed by atoms with van der Waals surface area (Å²) in [5, 5.41) is 11.1. The van der Waals surface area contributed by atoms with Crippen molar-refractivity contribution >= 4 is 0 Å². The van der Waals surface area contributed by atoms with Crippen LogP contribution in [0, 0.1) is 6.92 Å². The first kappa shape index (κ1) is 16.9. The Balaban J connectivity index is 2.35. The predicted octanol–water partition coefficient (Wildman–Crippen LogP) is 5.55. The minimum absolute atomic E-state index is 0.0125. The number of hydrogen-bond acceptors (Lipinski definition) is 2. The van der Waals surface area contributed by atoms with Gasteiger partial charge in [0.2, 0.25) is 0 Å². The van der Waals surface area contributed by atoms with Gasteiger partial charge in [-0.1, -0.05) is 45.0 Å². The molecule has 0 aliphatic heterocycles. The molecule has 2 nitrogen and oxygen atoms in total. The summed E-state index contributed by atoms with van der Waals surface area (Å²) < 4.78 is 5.77. The third-order valence-corrected chi connectivity index (χ3v) is 5.19. The van der Waals surface area contributed by atoms with Gasteiger partial charge in [-0.2, -0.15) is 0 Å². The lowest BCUT2D eigenvalue weighted by atomic mass is 9.78. The summed E-state index contributed by atoms with van der Waals surface area (Å²) in [6.07, 6.45) is 4.23. The zero-order valence-corrected chi connectivity index (χ0v) is 15.5. The Bertz CT molecular complexity index is 743. The van der Waals surface area contributed by atoms with Crippen molar-refractivity contribution < 1.29 is 9.84 Å². The van der Waals surface area contributed by atoms with Crippen molar-refractivity contribution in [1.82, 2.24) is 0 Å². The van der Waals surface area contributed by atoms with E-state index in [9.17, 15) is 5.11 Å². The standard InChI is InChI=1S/C22H28O2/c1-14-19(17-12-8-9-13-18(17)22(2,3)4)20(23)15-10-6-7-11-16(15)21(14)24-5/h8-9,12-13,23H,6-7,10-11H2,1-5H3. The Morgan fingerprint density at radius 2 is 1.62 bits per heavy atom. The lowest BCUT2D eigenvalue weighted by Crippen LogP contribution is -2.14. The quantitative estimate of drug-likeness (QED) is 0.784. The van der Waals surface area contributed by atoms with Crippen molar-refractivity contribution in [1.29, 1.82) is 0 Å². The first-order chi connectivity index (χ1) is 11.4. The fraction of sp³-hybridized carbons (Fsp3) is 0.455. The minimum atomic E-state index is 0.0125. The van der Waals surface area contributed by atoms with Gasteiger partial charge in [0.1, 0.15) is 11.5 Å². The maximum absolute atomic E-state index is 11.1. The van der Waals surface area contributed by atoms with Crippen LogP contribution in [0.5, 0.6) is 11.5 Å². The lowest BCUT2D eigenvalue weighted by Gasteiger charge is -2.28. The molecule has 2 aromatic carbocycles. The Hall–Kier alpha value is -1.96. The molecule has 1 N–H and O–H groups in total. The highest BCUT2D eigenvalue weighted by atomic mass is 16.5. The molecule has 0 aromatic heterocycles. The van der Waals surface area contributed by atoms with Gasteiger partial charge in [0, 0.05) is 22.3 Å². The number of ether oxygens (including phenoxy) is 1. The first-order valence-corrected chi connectivity index (χ1v) is 8.87. The molecule has 3 rings (SSSR count). The van der Waals surface area contributed by atoms with Gasteiger partial charge in [0.15, 0.2) is 0 Å². The Morgan fingerprint density at radius 1 is 1.00 bits per heavy atom. The van der Waals surface area contributed by atoms with E-state index in [-0.39, 0.29) is 5.41 Å². The molecule has 0 heterocycles. The molecule has 0 bridgehead atoms. The topological polar surface area (TPSA) is 29.5 Å². The smallest absolute Gasteiger partial charge is 0.127 e. The van der Waals surface area contributed by atoms with Crippen molar-refractivity contribution in [3.63, 3.8) is 0 Å². The van der Waals surface area contributed by atoms with E-state index in [1.165, 1.54) is 17.5 Å². The summed E-state index contributed by atoms with van der Waals surface area (Å²) in [7, 11) is 1.74. The van der Waals surface area contributed by atoms with Gasteiger partial charge in [-0.05, 0) is 49.1 Å². The second kappa shape index (κ2) is 6.16. The number of benzene rings is 2. The van der Waals surface area contributed by atoms with Crippen LogP contribution in [0.2, 0.25) is 0 Å². The number of aromatic hydroxyl groups is 1. The van der Waals surface area contributed by atoms with Crippen LogP contribution in [0.1, 0.15) is 55.9 Å². The van der Waals surface area contributed by atoms with Crippen LogP contribution >= 0.6 is 0 Å². The molecule has 24 heavy (non-hydrogen) atoms. The number of hydrogen-bond donors (Lipinski definition) is 1. The highest BCUT2D eigenvalue weighted by Crippen LogP contribution is 2.48. The van der Waals surface area contributed by atoms with Gasteiger partial charge in [-0.25, -0.2) is 0 Å². The first-order valence-electron chi connectivity index (χ1n) is 8.87. The van der Waals surface area contributed by atoms with Gasteiger partial charge < -0.3 is 9.84 Å². The van der Waals surface area contributed by atoms with Crippen LogP contribution in [0.4, 0.5) is 0 Å². The van der Waals surface area contributed by atoms with Crippen molar-refractivity contribution in [2.75, 3.05) is 7.11 Å². The van der Waals surface area contributed by atoms with Gasteiger partial charge in [0.25, 0.3) is 0 Å². The fourth-order valence-corrected chi connectivity index (χ4v) is 4.05. The van der Waals surface area contributed by atoms with E-state index >= 15 is 0 Å². The second-order valence-corrected chi connectivity index (χ2v) is 7.84. The van der Waals surface area contributed by atoms with Crippen LogP contribution in [0.25, 0.3) is 11.1 Å². The summed E-state index contributed by atoms with van der Waals surface area (Å²) >= 11 is 0. The molecule has 128 valence electrons. The lowest BCUT2D eigenvalue weighted by molar-refractivity contribution is 0.398. The number of rotatable bonds is 2. The highest BCUT2D eigenvalue weighted by Gasteiger charge is 2.27. The van der Waals surface area contributed by atoms with E-state index in [0.29, 0.717) is 5.75 Å². The molecule has 0 saturated carbocycles. The summed E-state index contributed by atoms with van der Waals surface area (Å²) in [4.78, 5) is 0. The Kier molecular flexibility index (Phi) is 4.33.